The lowest BCUT2D eigenvalue weighted by molar-refractivity contribution is 0.0734. The monoisotopic (exact) mass is 369 g/mol. The normalized spacial score (nSPS) is 19.8. The van der Waals surface area contributed by atoms with Crippen molar-refractivity contribution in [2.24, 2.45) is 5.73 Å². The maximum atomic E-state index is 12.7. The number of halogens is 1. The highest BCUT2D eigenvalue weighted by Gasteiger charge is 2.28. The van der Waals surface area contributed by atoms with Crippen molar-refractivity contribution in [1.82, 2.24) is 9.88 Å². The van der Waals surface area contributed by atoms with Crippen molar-refractivity contribution in [2.75, 3.05) is 7.05 Å². The Hall–Kier alpha value is -2.37. The van der Waals surface area contributed by atoms with Gasteiger partial charge in [-0.05, 0) is 55.7 Å². The van der Waals surface area contributed by atoms with Crippen LogP contribution in [0.25, 0.3) is 22.6 Å². The number of aromatic nitrogens is 1. The number of carbonyl (C=O) groups is 1. The van der Waals surface area contributed by atoms with Crippen LogP contribution in [0.3, 0.4) is 0 Å². The number of hydrogen-bond donors (Lipinski definition) is 1. The van der Waals surface area contributed by atoms with Gasteiger partial charge < -0.3 is 15.1 Å². The molecule has 1 saturated carbocycles. The van der Waals surface area contributed by atoms with E-state index in [0.717, 1.165) is 30.3 Å². The fourth-order valence-electron chi connectivity index (χ4n) is 3.49. The van der Waals surface area contributed by atoms with Crippen molar-refractivity contribution < 1.29 is 9.21 Å². The molecule has 1 fully saturated rings. The minimum absolute atomic E-state index is 0.0139. The molecule has 1 aliphatic carbocycles. The van der Waals surface area contributed by atoms with Crippen LogP contribution in [-0.4, -0.2) is 34.9 Å². The Balaban J connectivity index is 1.54. The Kier molecular flexibility index (Phi) is 4.42. The number of rotatable bonds is 3. The first-order valence-electron chi connectivity index (χ1n) is 8.70. The van der Waals surface area contributed by atoms with E-state index in [4.69, 9.17) is 21.8 Å². The van der Waals surface area contributed by atoms with E-state index in [9.17, 15) is 4.79 Å². The standard InChI is InChI=1S/C20H20ClN3O2/c1-24(16-8-7-15(22)11-16)20(25)13-4-2-12(3-5-13)19-23-17-9-6-14(21)10-18(17)26-19/h2-6,9-10,15-16H,7-8,11,22H2,1H3/t15-,16+/m0/s1. The third-order valence-corrected chi connectivity index (χ3v) is 5.28. The molecule has 5 nitrogen and oxygen atoms in total. The molecule has 2 aromatic carbocycles. The molecular formula is C20H20ClN3O2. The number of nitrogens with zero attached hydrogens (tertiary/aromatic N) is 2. The summed E-state index contributed by atoms with van der Waals surface area (Å²) in [5.41, 5.74) is 8.83. The SMILES string of the molecule is CN(C(=O)c1ccc(-c2nc3ccc(Cl)cc3o2)cc1)[C@@H]1CC[C@H](N)C1. The summed E-state index contributed by atoms with van der Waals surface area (Å²) in [4.78, 5) is 19.0. The molecule has 1 amide bonds. The molecule has 0 spiro atoms. The lowest BCUT2D eigenvalue weighted by atomic mass is 10.1. The van der Waals surface area contributed by atoms with Crippen molar-refractivity contribution >= 4 is 28.6 Å². The molecule has 6 heteroatoms. The van der Waals surface area contributed by atoms with Crippen molar-refractivity contribution in [1.29, 1.82) is 0 Å². The van der Waals surface area contributed by atoms with Gasteiger partial charge in [0.2, 0.25) is 5.89 Å². The van der Waals surface area contributed by atoms with Gasteiger partial charge in [-0.3, -0.25) is 4.79 Å². The molecule has 0 unspecified atom stereocenters. The third kappa shape index (κ3) is 3.20. The van der Waals surface area contributed by atoms with Gasteiger partial charge in [0.05, 0.1) is 0 Å². The number of hydrogen-bond acceptors (Lipinski definition) is 4. The first-order valence-corrected chi connectivity index (χ1v) is 9.08. The predicted molar refractivity (Wildman–Crippen MR) is 102 cm³/mol. The Morgan fingerprint density at radius 1 is 1.23 bits per heavy atom. The lowest BCUT2D eigenvalue weighted by Crippen LogP contribution is -2.36. The van der Waals surface area contributed by atoms with E-state index in [2.05, 4.69) is 4.98 Å². The summed E-state index contributed by atoms with van der Waals surface area (Å²) in [6, 6.07) is 13.1. The van der Waals surface area contributed by atoms with Crippen LogP contribution in [-0.2, 0) is 0 Å². The van der Waals surface area contributed by atoms with E-state index in [-0.39, 0.29) is 18.0 Å². The van der Waals surface area contributed by atoms with E-state index in [1.165, 1.54) is 0 Å². The first kappa shape index (κ1) is 17.1. The summed E-state index contributed by atoms with van der Waals surface area (Å²) in [6.45, 7) is 0. The zero-order valence-corrected chi connectivity index (χ0v) is 15.2. The molecule has 0 saturated heterocycles. The Labute approximate surface area is 156 Å². The topological polar surface area (TPSA) is 72.4 Å². The fourth-order valence-corrected chi connectivity index (χ4v) is 3.65. The summed E-state index contributed by atoms with van der Waals surface area (Å²) >= 11 is 5.98. The van der Waals surface area contributed by atoms with Gasteiger partial charge in [-0.15, -0.1) is 0 Å². The molecular weight excluding hydrogens is 350 g/mol. The maximum absolute atomic E-state index is 12.7. The van der Waals surface area contributed by atoms with Crippen molar-refractivity contribution in [3.63, 3.8) is 0 Å². The molecule has 0 bridgehead atoms. The second-order valence-electron chi connectivity index (χ2n) is 6.85. The molecule has 1 heterocycles. The van der Waals surface area contributed by atoms with Crippen LogP contribution in [0, 0.1) is 0 Å². The van der Waals surface area contributed by atoms with Gasteiger partial charge in [0, 0.05) is 41.3 Å². The highest BCUT2D eigenvalue weighted by atomic mass is 35.5. The van der Waals surface area contributed by atoms with E-state index in [1.54, 1.807) is 12.1 Å². The van der Waals surface area contributed by atoms with Gasteiger partial charge in [0.1, 0.15) is 5.52 Å². The minimum Gasteiger partial charge on any atom is -0.436 e. The summed E-state index contributed by atoms with van der Waals surface area (Å²) in [5.74, 6) is 0.524. The van der Waals surface area contributed by atoms with Gasteiger partial charge in [-0.2, -0.15) is 0 Å². The molecule has 4 rings (SSSR count). The molecule has 0 radical (unpaired) electrons. The molecule has 26 heavy (non-hydrogen) atoms. The first-order chi connectivity index (χ1) is 12.5. The number of fused-ring (bicyclic) bond motifs is 1. The summed E-state index contributed by atoms with van der Waals surface area (Å²) in [6.07, 6.45) is 2.81. The molecule has 2 atom stereocenters. The second kappa shape index (κ2) is 6.74. The van der Waals surface area contributed by atoms with Gasteiger partial charge in [-0.1, -0.05) is 11.6 Å². The van der Waals surface area contributed by atoms with E-state index < -0.39 is 0 Å². The smallest absolute Gasteiger partial charge is 0.253 e. The highest BCUT2D eigenvalue weighted by Crippen LogP contribution is 2.27. The average Bonchev–Trinajstić information content (AvgIpc) is 3.26. The Bertz CT molecular complexity index is 951. The van der Waals surface area contributed by atoms with Crippen LogP contribution in [0.15, 0.2) is 46.9 Å². The highest BCUT2D eigenvalue weighted by molar-refractivity contribution is 6.31. The van der Waals surface area contributed by atoms with Crippen molar-refractivity contribution in [2.45, 2.75) is 31.3 Å². The van der Waals surface area contributed by atoms with Crippen LogP contribution in [0.5, 0.6) is 0 Å². The fraction of sp³-hybridized carbons (Fsp3) is 0.300. The zero-order chi connectivity index (χ0) is 18.3. The summed E-state index contributed by atoms with van der Waals surface area (Å²) in [7, 11) is 1.85. The van der Waals surface area contributed by atoms with Crippen LogP contribution in [0.1, 0.15) is 29.6 Å². The predicted octanol–water partition coefficient (Wildman–Crippen LogP) is 4.10. The third-order valence-electron chi connectivity index (χ3n) is 5.04. The average molecular weight is 370 g/mol. The van der Waals surface area contributed by atoms with Crippen LogP contribution in [0.2, 0.25) is 5.02 Å². The molecule has 1 aromatic heterocycles. The molecule has 134 valence electrons. The van der Waals surface area contributed by atoms with E-state index in [0.29, 0.717) is 22.1 Å². The van der Waals surface area contributed by atoms with Crippen LogP contribution >= 0.6 is 11.6 Å². The summed E-state index contributed by atoms with van der Waals surface area (Å²) < 4.78 is 5.77. The van der Waals surface area contributed by atoms with Crippen molar-refractivity contribution in [3.05, 3.63) is 53.1 Å². The second-order valence-corrected chi connectivity index (χ2v) is 7.29. The number of carbonyl (C=O) groups excluding carboxylic acids is 1. The van der Waals surface area contributed by atoms with Gasteiger partial charge >= 0.3 is 0 Å². The quantitative estimate of drug-likeness (QED) is 0.754. The van der Waals surface area contributed by atoms with Gasteiger partial charge in [-0.25, -0.2) is 4.98 Å². The number of oxazole rings is 1. The lowest BCUT2D eigenvalue weighted by Gasteiger charge is -2.24. The zero-order valence-electron chi connectivity index (χ0n) is 14.5. The molecule has 0 aliphatic heterocycles. The minimum atomic E-state index is 0.0139. The number of nitrogens with two attached hydrogens (primary N) is 1. The largest absolute Gasteiger partial charge is 0.436 e. The molecule has 1 aliphatic rings. The Morgan fingerprint density at radius 2 is 2.00 bits per heavy atom. The van der Waals surface area contributed by atoms with Gasteiger partial charge in [0.25, 0.3) is 5.91 Å². The van der Waals surface area contributed by atoms with Crippen LogP contribution < -0.4 is 5.73 Å². The molecule has 2 N–H and O–H groups in total. The van der Waals surface area contributed by atoms with Gasteiger partial charge in [0.15, 0.2) is 5.58 Å². The van der Waals surface area contributed by atoms with Crippen LogP contribution in [0.4, 0.5) is 0 Å². The number of benzene rings is 2. The van der Waals surface area contributed by atoms with E-state index in [1.807, 2.05) is 42.3 Å². The summed E-state index contributed by atoms with van der Waals surface area (Å²) in [5, 5.41) is 0.607. The maximum Gasteiger partial charge on any atom is 0.253 e. The Morgan fingerprint density at radius 3 is 2.69 bits per heavy atom. The van der Waals surface area contributed by atoms with E-state index >= 15 is 0 Å². The molecule has 3 aromatic rings. The van der Waals surface area contributed by atoms with Crippen molar-refractivity contribution in [3.8, 4) is 11.5 Å². The number of amides is 1.